The summed E-state index contributed by atoms with van der Waals surface area (Å²) in [5.41, 5.74) is 0. The fourth-order valence-electron chi connectivity index (χ4n) is 1.87. The van der Waals surface area contributed by atoms with Crippen molar-refractivity contribution in [3.63, 3.8) is 0 Å². The molecule has 7 nitrogen and oxygen atoms in total. The van der Waals surface area contributed by atoms with Crippen molar-refractivity contribution < 1.29 is 29.0 Å². The zero-order valence-corrected chi connectivity index (χ0v) is 16.4. The number of halogens is 2. The van der Waals surface area contributed by atoms with E-state index in [-0.39, 0.29) is 36.3 Å². The number of carbonyl (C=O) groups is 2. The van der Waals surface area contributed by atoms with Crippen LogP contribution >= 0.6 is 23.2 Å². The van der Waals surface area contributed by atoms with Crippen molar-refractivity contribution in [1.29, 1.82) is 0 Å². The van der Waals surface area contributed by atoms with E-state index in [0.29, 0.717) is 25.7 Å². The molecule has 2 atom stereocenters. The van der Waals surface area contributed by atoms with E-state index in [1.165, 1.54) is 0 Å². The maximum atomic E-state index is 11.8. The summed E-state index contributed by atoms with van der Waals surface area (Å²) in [6.07, 6.45) is 0.598. The van der Waals surface area contributed by atoms with Gasteiger partial charge in [-0.2, -0.15) is 0 Å². The van der Waals surface area contributed by atoms with Crippen molar-refractivity contribution in [3.05, 3.63) is 0 Å². The molecule has 0 aliphatic rings. The zero-order valence-electron chi connectivity index (χ0n) is 14.9. The van der Waals surface area contributed by atoms with Crippen LogP contribution in [0.5, 0.6) is 0 Å². The van der Waals surface area contributed by atoms with Crippen molar-refractivity contribution >= 4 is 52.0 Å². The first-order chi connectivity index (χ1) is 11.9. The summed E-state index contributed by atoms with van der Waals surface area (Å²) in [4.78, 5) is 22.3. The highest BCUT2D eigenvalue weighted by Crippen LogP contribution is 2.20. The number of rotatable bonds is 12. The third-order valence-corrected chi connectivity index (χ3v) is 3.56. The predicted octanol–water partition coefficient (Wildman–Crippen LogP) is 2.37. The molecular weight excluding hydrogens is 401 g/mol. The molecule has 0 saturated carbocycles. The molecule has 1 N–H and O–H groups in total. The van der Waals surface area contributed by atoms with Crippen molar-refractivity contribution in [2.75, 3.05) is 6.61 Å². The first-order valence-electron chi connectivity index (χ1n) is 8.40. The Hall–Kier alpha value is -0.993. The quantitative estimate of drug-likeness (QED) is 0.0968. The first-order valence-corrected chi connectivity index (χ1v) is 9.27. The van der Waals surface area contributed by atoms with E-state index in [4.69, 9.17) is 42.6 Å². The summed E-state index contributed by atoms with van der Waals surface area (Å²) < 4.78 is 15.9. The Bertz CT molecular complexity index is 437. The van der Waals surface area contributed by atoms with Gasteiger partial charge in [-0.25, -0.2) is 0 Å². The average Bonchev–Trinajstić information content (AvgIpc) is 2.55. The largest absolute Gasteiger partial charge is 0.468 e. The minimum Gasteiger partial charge on any atom is -0.468 e. The molecule has 26 heavy (non-hydrogen) atoms. The molecule has 0 amide bonds. The van der Waals surface area contributed by atoms with Crippen molar-refractivity contribution in [2.24, 2.45) is 5.16 Å². The lowest BCUT2D eigenvalue weighted by Gasteiger charge is -2.28. The molecular formula is C16H31Cl2NO6Si. The van der Waals surface area contributed by atoms with Crippen LogP contribution in [-0.4, -0.2) is 57.7 Å². The van der Waals surface area contributed by atoms with Crippen molar-refractivity contribution in [1.82, 2.24) is 0 Å². The minimum absolute atomic E-state index is 0. The van der Waals surface area contributed by atoms with Gasteiger partial charge in [-0.3, -0.25) is 9.59 Å². The number of alkyl halides is 2. The Kier molecular flexibility index (Phi) is 17.0. The Labute approximate surface area is 169 Å². The minimum atomic E-state index is -1.10. The number of hydrogen-bond acceptors (Lipinski definition) is 7. The predicted molar refractivity (Wildman–Crippen MR) is 106 cm³/mol. The van der Waals surface area contributed by atoms with Gasteiger partial charge in [0.15, 0.2) is 12.2 Å². The van der Waals surface area contributed by atoms with Crippen LogP contribution in [0, 0.1) is 0 Å². The molecule has 0 aromatic rings. The molecule has 0 radical (unpaired) electrons. The lowest BCUT2D eigenvalue weighted by molar-refractivity contribution is -0.165. The molecule has 154 valence electrons. The molecule has 0 aliphatic heterocycles. The van der Waals surface area contributed by atoms with Gasteiger partial charge in [-0.05, 0) is 30.2 Å². The normalized spacial score (nSPS) is 13.5. The monoisotopic (exact) mass is 431 g/mol. The Morgan fingerprint density at radius 3 is 1.96 bits per heavy atom. The van der Waals surface area contributed by atoms with E-state index < -0.39 is 29.0 Å². The van der Waals surface area contributed by atoms with Crippen LogP contribution in [0.4, 0.5) is 0 Å². The van der Waals surface area contributed by atoms with Crippen LogP contribution in [0.2, 0.25) is 0 Å². The molecule has 0 heterocycles. The number of esters is 2. The van der Waals surface area contributed by atoms with E-state index >= 15 is 0 Å². The number of oxime groups is 1. The molecule has 0 spiro atoms. The van der Waals surface area contributed by atoms with Gasteiger partial charge >= 0.3 is 11.9 Å². The molecule has 0 aliphatic carbocycles. The van der Waals surface area contributed by atoms with Gasteiger partial charge in [0.25, 0.3) is 0 Å². The molecule has 0 aromatic carbocycles. The Balaban J connectivity index is 0. The van der Waals surface area contributed by atoms with E-state index in [9.17, 15) is 9.59 Å². The van der Waals surface area contributed by atoms with E-state index in [1.54, 1.807) is 0 Å². The first kappa shape index (κ1) is 27.2. The van der Waals surface area contributed by atoms with Gasteiger partial charge in [-0.1, -0.05) is 25.9 Å². The van der Waals surface area contributed by atoms with E-state index in [0.717, 1.165) is 0 Å². The van der Waals surface area contributed by atoms with Crippen molar-refractivity contribution in [2.45, 2.75) is 76.3 Å². The molecule has 0 aromatic heterocycles. The second-order valence-electron chi connectivity index (χ2n) is 5.37. The third-order valence-electron chi connectivity index (χ3n) is 3.06. The highest BCUT2D eigenvalue weighted by Gasteiger charge is 2.34. The van der Waals surface area contributed by atoms with E-state index in [2.05, 4.69) is 5.16 Å². The smallest absolute Gasteiger partial charge is 0.306 e. The molecule has 0 bridgehead atoms. The van der Waals surface area contributed by atoms with Gasteiger partial charge in [0.05, 0.1) is 0 Å². The summed E-state index contributed by atoms with van der Waals surface area (Å²) in [5, 5.41) is 12.1. The fraction of sp³-hybridized carbons (Fsp3) is 0.812. The molecule has 0 saturated heterocycles. The average molecular weight is 432 g/mol. The van der Waals surface area contributed by atoms with E-state index in [1.807, 2.05) is 20.8 Å². The van der Waals surface area contributed by atoms with Crippen LogP contribution in [-0.2, 0) is 23.8 Å². The summed E-state index contributed by atoms with van der Waals surface area (Å²) in [5.74, 6) is -0.905. The van der Waals surface area contributed by atoms with Crippen molar-refractivity contribution in [3.8, 4) is 0 Å². The summed E-state index contributed by atoms with van der Waals surface area (Å²) in [7, 11) is 0. The Morgan fingerprint density at radius 2 is 1.50 bits per heavy atom. The maximum Gasteiger partial charge on any atom is 0.306 e. The number of ether oxygens (including phenoxy) is 3. The van der Waals surface area contributed by atoms with Crippen LogP contribution in [0.1, 0.15) is 59.3 Å². The van der Waals surface area contributed by atoms with Gasteiger partial charge in [0.1, 0.15) is 11.4 Å². The summed E-state index contributed by atoms with van der Waals surface area (Å²) in [6.45, 7) is 5.29. The standard InChI is InChI=1S/C16H27Cl2NO6.H4Si/c1-4-7-12(19-22)25-15(16(17)18)11(24-14(21)9-6-3)10-23-13(20)8-5-2;/h11,15-16,22H,4-10H2,1-3H3;1H4. The third kappa shape index (κ3) is 11.6. The lowest BCUT2D eigenvalue weighted by atomic mass is 10.2. The lowest BCUT2D eigenvalue weighted by Crippen LogP contribution is -2.43. The van der Waals surface area contributed by atoms with Gasteiger partial charge in [0.2, 0.25) is 5.90 Å². The van der Waals surface area contributed by atoms with Crippen LogP contribution in [0.25, 0.3) is 0 Å². The molecule has 2 unspecified atom stereocenters. The maximum absolute atomic E-state index is 11.8. The number of hydrogen-bond donors (Lipinski definition) is 1. The fourth-order valence-corrected chi connectivity index (χ4v) is 2.30. The topological polar surface area (TPSA) is 94.4 Å². The van der Waals surface area contributed by atoms with Crippen LogP contribution < -0.4 is 0 Å². The highest BCUT2D eigenvalue weighted by atomic mass is 35.5. The van der Waals surface area contributed by atoms with Gasteiger partial charge < -0.3 is 19.4 Å². The molecule has 10 heteroatoms. The summed E-state index contributed by atoms with van der Waals surface area (Å²) in [6, 6.07) is 0. The second kappa shape index (κ2) is 16.2. The summed E-state index contributed by atoms with van der Waals surface area (Å²) >= 11 is 11.9. The van der Waals surface area contributed by atoms with Gasteiger partial charge in [0, 0.05) is 19.3 Å². The van der Waals surface area contributed by atoms with Gasteiger partial charge in [-0.15, -0.1) is 23.2 Å². The Morgan fingerprint density at radius 1 is 0.962 bits per heavy atom. The SMILES string of the molecule is CCCC(=O)OCC(OC(=O)CCC)C(OC(CCC)=NO)C(Cl)Cl.[SiH4]. The number of carbonyl (C=O) groups excluding carboxylic acids is 2. The highest BCUT2D eigenvalue weighted by molar-refractivity contribution is 6.44. The van der Waals surface area contributed by atoms with Crippen LogP contribution in [0.15, 0.2) is 5.16 Å². The molecule has 0 fully saturated rings. The zero-order chi connectivity index (χ0) is 19.2. The van der Waals surface area contributed by atoms with Crippen LogP contribution in [0.3, 0.4) is 0 Å². The molecule has 0 rings (SSSR count). The number of nitrogens with zero attached hydrogens (tertiary/aromatic N) is 1. The second-order valence-corrected chi connectivity index (χ2v) is 6.54.